The molecule has 0 bridgehead atoms. The maximum absolute atomic E-state index is 13.1. The lowest BCUT2D eigenvalue weighted by Gasteiger charge is -2.29. The maximum atomic E-state index is 13.1. The summed E-state index contributed by atoms with van der Waals surface area (Å²) in [4.78, 5) is 75.6. The van der Waals surface area contributed by atoms with Crippen LogP contribution in [-0.4, -0.2) is 129 Å². The topological polar surface area (TPSA) is 261 Å². The molecular weight excluding hydrogens is 552 g/mol. The largest absolute Gasteiger partial charge is 0.480 e. The highest BCUT2D eigenvalue weighted by molar-refractivity contribution is 7.80. The molecule has 6 unspecified atom stereocenters. The summed E-state index contributed by atoms with van der Waals surface area (Å²) in [7, 11) is 0. The molecular formula is C23H40N6O10S. The number of carboxylic acids is 1. The highest BCUT2D eigenvalue weighted by Crippen LogP contribution is 2.19. The van der Waals surface area contributed by atoms with Crippen LogP contribution in [0.2, 0.25) is 0 Å². The summed E-state index contributed by atoms with van der Waals surface area (Å²) >= 11 is 4.08. The zero-order chi connectivity index (χ0) is 30.6. The van der Waals surface area contributed by atoms with Gasteiger partial charge < -0.3 is 52.3 Å². The second kappa shape index (κ2) is 17.0. The molecule has 10 N–H and O–H groups in total. The normalized spacial score (nSPS) is 18.7. The fourth-order valence-electron chi connectivity index (χ4n) is 3.97. The number of nitrogens with zero attached hydrogens (tertiary/aromatic N) is 1. The Morgan fingerprint density at radius 1 is 0.850 bits per heavy atom. The lowest BCUT2D eigenvalue weighted by molar-refractivity contribution is -0.145. The van der Waals surface area contributed by atoms with E-state index >= 15 is 0 Å². The van der Waals surface area contributed by atoms with E-state index in [1.807, 2.05) is 13.8 Å². The van der Waals surface area contributed by atoms with Gasteiger partial charge in [0.15, 0.2) is 0 Å². The van der Waals surface area contributed by atoms with Gasteiger partial charge in [-0.3, -0.25) is 24.0 Å². The average molecular weight is 593 g/mol. The lowest BCUT2D eigenvalue weighted by Crippen LogP contribution is -2.60. The van der Waals surface area contributed by atoms with E-state index in [1.54, 1.807) is 0 Å². The molecule has 1 aliphatic heterocycles. The van der Waals surface area contributed by atoms with Gasteiger partial charge in [-0.25, -0.2) is 4.79 Å². The van der Waals surface area contributed by atoms with Gasteiger partial charge in [0.05, 0.1) is 25.9 Å². The Kier molecular flexibility index (Phi) is 14.9. The number of carbonyl (C=O) groups is 6. The number of carboxylic acid groups (broad SMARTS) is 1. The first-order chi connectivity index (χ1) is 18.8. The van der Waals surface area contributed by atoms with E-state index in [1.165, 1.54) is 0 Å². The molecule has 0 saturated carbocycles. The second-order valence-electron chi connectivity index (χ2n) is 9.74. The van der Waals surface area contributed by atoms with E-state index < -0.39 is 91.6 Å². The van der Waals surface area contributed by atoms with Gasteiger partial charge in [0.1, 0.15) is 30.2 Å². The Morgan fingerprint density at radius 3 is 1.80 bits per heavy atom. The van der Waals surface area contributed by atoms with Gasteiger partial charge in [0.25, 0.3) is 0 Å². The molecule has 1 rings (SSSR count). The highest BCUT2D eigenvalue weighted by atomic mass is 32.1. The summed E-state index contributed by atoms with van der Waals surface area (Å²) in [6.45, 7) is 1.27. The summed E-state index contributed by atoms with van der Waals surface area (Å²) in [5.41, 5.74) is 5.78. The molecule has 1 saturated heterocycles. The summed E-state index contributed by atoms with van der Waals surface area (Å²) in [5.74, 6) is -5.73. The SMILES string of the molecule is CC(C)CC(N)C(=O)NC(CO)C(=O)NC(CO)C(=O)NC(CS)C(=O)N1CCCC1C(=O)NC(CO)C(=O)O. The van der Waals surface area contributed by atoms with Crippen molar-refractivity contribution in [3.8, 4) is 0 Å². The predicted molar refractivity (Wildman–Crippen MR) is 143 cm³/mol. The number of nitrogens with one attached hydrogen (secondary N) is 4. The van der Waals surface area contributed by atoms with Gasteiger partial charge in [-0.15, -0.1) is 0 Å². The van der Waals surface area contributed by atoms with E-state index in [0.29, 0.717) is 12.8 Å². The fraction of sp³-hybridized carbons (Fsp3) is 0.739. The van der Waals surface area contributed by atoms with Crippen LogP contribution >= 0.6 is 12.6 Å². The Hall–Kier alpha value is -2.99. The van der Waals surface area contributed by atoms with Crippen molar-refractivity contribution in [2.45, 2.75) is 69.4 Å². The highest BCUT2D eigenvalue weighted by Gasteiger charge is 2.39. The molecule has 5 amide bonds. The number of aliphatic hydroxyl groups excluding tert-OH is 3. The quantitative estimate of drug-likeness (QED) is 0.0761. The number of likely N-dealkylation sites (tertiary alicyclic amines) is 1. The molecule has 6 atom stereocenters. The predicted octanol–water partition coefficient (Wildman–Crippen LogP) is -4.72. The number of nitrogens with two attached hydrogens (primary N) is 1. The Bertz CT molecular complexity index is 923. The van der Waals surface area contributed by atoms with Crippen molar-refractivity contribution in [1.82, 2.24) is 26.2 Å². The number of carbonyl (C=O) groups excluding carboxylic acids is 5. The Morgan fingerprint density at radius 2 is 1.35 bits per heavy atom. The molecule has 0 aliphatic carbocycles. The van der Waals surface area contributed by atoms with E-state index in [9.17, 15) is 39.0 Å². The molecule has 1 fully saturated rings. The fourth-order valence-corrected chi connectivity index (χ4v) is 4.22. The molecule has 17 heteroatoms. The summed E-state index contributed by atoms with van der Waals surface area (Å²) in [6.07, 6.45) is 0.957. The van der Waals surface area contributed by atoms with Gasteiger partial charge in [-0.05, 0) is 25.2 Å². The van der Waals surface area contributed by atoms with Crippen LogP contribution in [0.15, 0.2) is 0 Å². The van der Waals surface area contributed by atoms with Crippen LogP contribution in [0.4, 0.5) is 0 Å². The van der Waals surface area contributed by atoms with Crippen molar-refractivity contribution < 1.29 is 49.2 Å². The molecule has 1 heterocycles. The third-order valence-corrected chi connectivity index (χ3v) is 6.49. The molecule has 1 aliphatic rings. The van der Waals surface area contributed by atoms with Crippen LogP contribution in [0.5, 0.6) is 0 Å². The van der Waals surface area contributed by atoms with Gasteiger partial charge in [0.2, 0.25) is 29.5 Å². The third kappa shape index (κ3) is 10.2. The van der Waals surface area contributed by atoms with Crippen LogP contribution in [0.25, 0.3) is 0 Å². The number of aliphatic hydroxyl groups is 3. The van der Waals surface area contributed by atoms with E-state index in [4.69, 9.17) is 15.9 Å². The van der Waals surface area contributed by atoms with Crippen molar-refractivity contribution in [3.63, 3.8) is 0 Å². The van der Waals surface area contributed by atoms with E-state index in [2.05, 4.69) is 33.9 Å². The van der Waals surface area contributed by atoms with Crippen LogP contribution < -0.4 is 27.0 Å². The van der Waals surface area contributed by atoms with Crippen LogP contribution in [-0.2, 0) is 28.8 Å². The first kappa shape index (κ1) is 35.0. The van der Waals surface area contributed by atoms with Gasteiger partial charge >= 0.3 is 5.97 Å². The molecule has 0 radical (unpaired) electrons. The number of hydrogen-bond acceptors (Lipinski definition) is 11. The summed E-state index contributed by atoms with van der Waals surface area (Å²) in [5, 5.41) is 46.4. The van der Waals surface area contributed by atoms with Crippen LogP contribution in [0.3, 0.4) is 0 Å². The lowest BCUT2D eigenvalue weighted by atomic mass is 10.0. The minimum absolute atomic E-state index is 0.0968. The summed E-state index contributed by atoms with van der Waals surface area (Å²) in [6, 6.07) is -7.87. The smallest absolute Gasteiger partial charge is 0.328 e. The number of rotatable bonds is 16. The van der Waals surface area contributed by atoms with Gasteiger partial charge in [0, 0.05) is 12.3 Å². The zero-order valence-electron chi connectivity index (χ0n) is 22.4. The standard InChI is InChI=1S/C23H40N6O10S/c1-11(2)6-12(24)18(33)25-13(7-30)19(34)26-14(8-31)20(35)28-16(10-40)22(37)29-5-3-4-17(29)21(36)27-15(9-32)23(38)39/h11-17,30-32,40H,3-10,24H2,1-2H3,(H,25,33)(H,26,34)(H,27,36)(H,28,35)(H,38,39). The molecule has 16 nitrogen and oxygen atoms in total. The van der Waals surface area contributed by atoms with Crippen molar-refractivity contribution >= 4 is 48.1 Å². The molecule has 40 heavy (non-hydrogen) atoms. The summed E-state index contributed by atoms with van der Waals surface area (Å²) < 4.78 is 0. The molecule has 0 spiro atoms. The van der Waals surface area contributed by atoms with Crippen molar-refractivity contribution in [3.05, 3.63) is 0 Å². The van der Waals surface area contributed by atoms with Gasteiger partial charge in [-0.1, -0.05) is 13.8 Å². The number of thiol groups is 1. The second-order valence-corrected chi connectivity index (χ2v) is 10.1. The minimum atomic E-state index is -1.57. The third-order valence-electron chi connectivity index (χ3n) is 6.13. The minimum Gasteiger partial charge on any atom is -0.480 e. The monoisotopic (exact) mass is 592 g/mol. The number of hydrogen-bond donors (Lipinski definition) is 10. The van der Waals surface area contributed by atoms with Crippen molar-refractivity contribution in [1.29, 1.82) is 0 Å². The van der Waals surface area contributed by atoms with E-state index in [0.717, 1.165) is 4.90 Å². The molecule has 0 aromatic rings. The molecule has 228 valence electrons. The average Bonchev–Trinajstić information content (AvgIpc) is 3.40. The Labute approximate surface area is 236 Å². The van der Waals surface area contributed by atoms with Gasteiger partial charge in [-0.2, -0.15) is 12.6 Å². The number of aliphatic carboxylic acids is 1. The van der Waals surface area contributed by atoms with Crippen molar-refractivity contribution in [2.24, 2.45) is 11.7 Å². The van der Waals surface area contributed by atoms with Crippen LogP contribution in [0, 0.1) is 5.92 Å². The van der Waals surface area contributed by atoms with E-state index in [-0.39, 0.29) is 24.6 Å². The first-order valence-electron chi connectivity index (χ1n) is 12.7. The van der Waals surface area contributed by atoms with Crippen LogP contribution in [0.1, 0.15) is 33.1 Å². The number of amides is 5. The molecule has 0 aromatic heterocycles. The maximum Gasteiger partial charge on any atom is 0.328 e. The zero-order valence-corrected chi connectivity index (χ0v) is 23.3. The van der Waals surface area contributed by atoms with Crippen molar-refractivity contribution in [2.75, 3.05) is 32.1 Å². The molecule has 0 aromatic carbocycles. The first-order valence-corrected chi connectivity index (χ1v) is 13.4. The Balaban J connectivity index is 2.86.